The van der Waals surface area contributed by atoms with Crippen LogP contribution < -0.4 is 18.9 Å². The van der Waals surface area contributed by atoms with Crippen LogP contribution in [0.2, 0.25) is 0 Å². The van der Waals surface area contributed by atoms with E-state index < -0.39 is 10.6 Å². The minimum atomic E-state index is -0.729. The Balaban J connectivity index is 2.86. The first-order valence-electron chi connectivity index (χ1n) is 4.82. The van der Waals surface area contributed by atoms with Gasteiger partial charge in [0.1, 0.15) is 5.56 Å². The number of nitro benzene ring substituents is 1. The molecule has 96 valence electrons. The second-order valence-electron chi connectivity index (χ2n) is 3.27. The monoisotopic (exact) mass is 255 g/mol. The molecule has 1 aliphatic heterocycles. The van der Waals surface area contributed by atoms with Crippen molar-refractivity contribution in [3.8, 4) is 23.0 Å². The molecule has 1 aromatic carbocycles. The van der Waals surface area contributed by atoms with Gasteiger partial charge in [-0.2, -0.15) is 0 Å². The van der Waals surface area contributed by atoms with E-state index in [2.05, 4.69) is 0 Å². The van der Waals surface area contributed by atoms with Crippen molar-refractivity contribution in [2.75, 3.05) is 21.0 Å². The zero-order valence-electron chi connectivity index (χ0n) is 9.59. The molecule has 0 unspecified atom stereocenters. The first-order valence-corrected chi connectivity index (χ1v) is 4.82. The lowest BCUT2D eigenvalue weighted by atomic mass is 10.1. The number of hydrogen-bond acceptors (Lipinski definition) is 7. The number of nitrogens with zero attached hydrogens (tertiary/aromatic N) is 1. The summed E-state index contributed by atoms with van der Waals surface area (Å²) < 4.78 is 20.1. The van der Waals surface area contributed by atoms with Gasteiger partial charge in [-0.25, -0.2) is 0 Å². The van der Waals surface area contributed by atoms with Crippen LogP contribution in [0.1, 0.15) is 10.4 Å². The van der Waals surface area contributed by atoms with Crippen molar-refractivity contribution in [2.45, 2.75) is 0 Å². The normalized spacial score (nSPS) is 12.1. The average Bonchev–Trinajstić information content (AvgIpc) is 2.83. The number of ether oxygens (including phenoxy) is 4. The fourth-order valence-corrected chi connectivity index (χ4v) is 1.76. The molecule has 18 heavy (non-hydrogen) atoms. The molecule has 8 heteroatoms. The fraction of sp³-hybridized carbons (Fsp3) is 0.300. The van der Waals surface area contributed by atoms with Gasteiger partial charge in [-0.15, -0.1) is 0 Å². The molecule has 2 rings (SSSR count). The summed E-state index contributed by atoms with van der Waals surface area (Å²) in [7, 11) is 2.52. The Hall–Kier alpha value is -2.51. The van der Waals surface area contributed by atoms with Crippen LogP contribution in [0.4, 0.5) is 5.69 Å². The highest BCUT2D eigenvalue weighted by molar-refractivity contribution is 5.92. The van der Waals surface area contributed by atoms with Crippen LogP contribution in [-0.2, 0) is 0 Å². The predicted molar refractivity (Wildman–Crippen MR) is 57.7 cm³/mol. The summed E-state index contributed by atoms with van der Waals surface area (Å²) in [6.45, 7) is -0.123. The summed E-state index contributed by atoms with van der Waals surface area (Å²) in [5.41, 5.74) is -0.753. The number of nitro groups is 1. The summed E-state index contributed by atoms with van der Waals surface area (Å²) in [5, 5.41) is 11.0. The maximum Gasteiger partial charge on any atom is 0.329 e. The van der Waals surface area contributed by atoms with E-state index in [1.807, 2.05) is 0 Å². The van der Waals surface area contributed by atoms with E-state index in [-0.39, 0.29) is 35.4 Å². The molecule has 0 aromatic heterocycles. The Kier molecular flexibility index (Phi) is 2.92. The molecule has 0 saturated carbocycles. The SMILES string of the molecule is COc1c(C=O)c([N+](=O)[O-])c(OC)c2c1OCO2. The maximum absolute atomic E-state index is 11.0. The van der Waals surface area contributed by atoms with Crippen LogP contribution in [0.5, 0.6) is 23.0 Å². The molecule has 8 nitrogen and oxygen atoms in total. The topological polar surface area (TPSA) is 97.1 Å². The van der Waals surface area contributed by atoms with Crippen LogP contribution in [0.25, 0.3) is 0 Å². The van der Waals surface area contributed by atoms with E-state index in [0.717, 1.165) is 0 Å². The smallest absolute Gasteiger partial charge is 0.329 e. The Morgan fingerprint density at radius 3 is 2.22 bits per heavy atom. The van der Waals surface area contributed by atoms with Gasteiger partial charge in [0, 0.05) is 0 Å². The molecule has 0 atom stereocenters. The van der Waals surface area contributed by atoms with Crippen molar-refractivity contribution >= 4 is 12.0 Å². The quantitative estimate of drug-likeness (QED) is 0.452. The predicted octanol–water partition coefficient (Wildman–Crippen LogP) is 1.15. The summed E-state index contributed by atoms with van der Waals surface area (Å²) in [6.07, 6.45) is 0.321. The third-order valence-corrected chi connectivity index (χ3v) is 2.45. The first-order chi connectivity index (χ1) is 8.65. The lowest BCUT2D eigenvalue weighted by molar-refractivity contribution is -0.386. The van der Waals surface area contributed by atoms with E-state index >= 15 is 0 Å². The third kappa shape index (κ3) is 1.50. The van der Waals surface area contributed by atoms with Gasteiger partial charge >= 0.3 is 5.69 Å². The molecule has 0 amide bonds. The summed E-state index contributed by atoms with van der Waals surface area (Å²) in [6, 6.07) is 0. The molecule has 0 saturated heterocycles. The molecular weight excluding hydrogens is 246 g/mol. The Morgan fingerprint density at radius 1 is 1.22 bits per heavy atom. The van der Waals surface area contributed by atoms with Crippen molar-refractivity contribution in [1.82, 2.24) is 0 Å². The molecule has 0 N–H and O–H groups in total. The number of hydrogen-bond donors (Lipinski definition) is 0. The van der Waals surface area contributed by atoms with Crippen molar-refractivity contribution in [1.29, 1.82) is 0 Å². The Labute approximate surface area is 101 Å². The van der Waals surface area contributed by atoms with Gasteiger partial charge in [-0.05, 0) is 0 Å². The van der Waals surface area contributed by atoms with Gasteiger partial charge in [0.25, 0.3) is 0 Å². The van der Waals surface area contributed by atoms with Gasteiger partial charge in [0.15, 0.2) is 12.0 Å². The number of carbonyl (C=O) groups is 1. The summed E-state index contributed by atoms with van der Waals surface area (Å²) >= 11 is 0. The second kappa shape index (κ2) is 4.40. The van der Waals surface area contributed by atoms with Crippen LogP contribution in [0.3, 0.4) is 0 Å². The number of fused-ring (bicyclic) bond motifs is 1. The number of benzene rings is 1. The summed E-state index contributed by atoms with van der Waals surface area (Å²) in [4.78, 5) is 21.4. The Morgan fingerprint density at radius 2 is 1.78 bits per heavy atom. The van der Waals surface area contributed by atoms with Crippen molar-refractivity contribution < 1.29 is 28.7 Å². The van der Waals surface area contributed by atoms with E-state index in [9.17, 15) is 14.9 Å². The molecule has 0 radical (unpaired) electrons. The van der Waals surface area contributed by atoms with E-state index in [4.69, 9.17) is 18.9 Å². The maximum atomic E-state index is 11.0. The number of rotatable bonds is 4. The fourth-order valence-electron chi connectivity index (χ4n) is 1.76. The molecular formula is C10H9NO7. The Bertz CT molecular complexity index is 526. The van der Waals surface area contributed by atoms with Crippen LogP contribution in [0.15, 0.2) is 0 Å². The van der Waals surface area contributed by atoms with E-state index in [1.165, 1.54) is 14.2 Å². The van der Waals surface area contributed by atoms with Gasteiger partial charge < -0.3 is 18.9 Å². The molecule has 1 aliphatic rings. The van der Waals surface area contributed by atoms with Crippen LogP contribution in [-0.4, -0.2) is 32.2 Å². The molecule has 0 spiro atoms. The number of carbonyl (C=O) groups excluding carboxylic acids is 1. The molecule has 1 heterocycles. The second-order valence-corrected chi connectivity index (χ2v) is 3.27. The minimum Gasteiger partial charge on any atom is -0.492 e. The van der Waals surface area contributed by atoms with Crippen molar-refractivity contribution in [3.05, 3.63) is 15.7 Å². The van der Waals surface area contributed by atoms with Crippen LogP contribution in [0, 0.1) is 10.1 Å². The molecule has 0 fully saturated rings. The van der Waals surface area contributed by atoms with Gasteiger partial charge in [0.05, 0.1) is 19.1 Å². The van der Waals surface area contributed by atoms with Gasteiger partial charge in [-0.1, -0.05) is 0 Å². The zero-order valence-corrected chi connectivity index (χ0v) is 9.59. The van der Waals surface area contributed by atoms with Gasteiger partial charge in [-0.3, -0.25) is 14.9 Å². The number of aldehydes is 1. The van der Waals surface area contributed by atoms with E-state index in [1.54, 1.807) is 0 Å². The standard InChI is InChI=1S/C10H9NO7/c1-15-7-5(3-12)6(11(13)14)8(16-2)10-9(7)17-4-18-10/h3H,4H2,1-2H3. The highest BCUT2D eigenvalue weighted by Crippen LogP contribution is 2.54. The minimum absolute atomic E-state index is 0.0370. The van der Waals surface area contributed by atoms with Gasteiger partial charge in [0.2, 0.25) is 24.0 Å². The molecule has 1 aromatic rings. The van der Waals surface area contributed by atoms with E-state index in [0.29, 0.717) is 6.29 Å². The molecule has 0 aliphatic carbocycles. The molecule has 0 bridgehead atoms. The third-order valence-electron chi connectivity index (χ3n) is 2.45. The lowest BCUT2D eigenvalue weighted by Crippen LogP contribution is -2.02. The highest BCUT2D eigenvalue weighted by atomic mass is 16.7. The van der Waals surface area contributed by atoms with Crippen molar-refractivity contribution in [3.63, 3.8) is 0 Å². The van der Waals surface area contributed by atoms with Crippen LogP contribution >= 0.6 is 0 Å². The lowest BCUT2D eigenvalue weighted by Gasteiger charge is -2.11. The summed E-state index contributed by atoms with van der Waals surface area (Å²) in [5.74, 6) is -0.00546. The van der Waals surface area contributed by atoms with Crippen molar-refractivity contribution in [2.24, 2.45) is 0 Å². The largest absolute Gasteiger partial charge is 0.492 e. The zero-order chi connectivity index (χ0) is 13.3. The highest BCUT2D eigenvalue weighted by Gasteiger charge is 2.37. The number of methoxy groups -OCH3 is 2. The first kappa shape index (κ1) is 12.0. The average molecular weight is 255 g/mol.